The summed E-state index contributed by atoms with van der Waals surface area (Å²) in [7, 11) is 0. The maximum absolute atomic E-state index is 5.44. The van der Waals surface area contributed by atoms with Gasteiger partial charge >= 0.3 is 0 Å². The largest absolute Gasteiger partial charge is 0.467 e. The molecule has 4 heteroatoms. The molecule has 1 aliphatic heterocycles. The maximum Gasteiger partial charge on any atom is 0.131 e. The van der Waals surface area contributed by atoms with E-state index in [1.165, 1.54) is 0 Å². The predicted octanol–water partition coefficient (Wildman–Crippen LogP) is 2.22. The summed E-state index contributed by atoms with van der Waals surface area (Å²) in [4.78, 5) is 2.45. The lowest BCUT2D eigenvalue weighted by Gasteiger charge is -2.37. The molecule has 2 unspecified atom stereocenters. The van der Waals surface area contributed by atoms with Gasteiger partial charge in [0.1, 0.15) is 5.76 Å². The van der Waals surface area contributed by atoms with Crippen molar-refractivity contribution in [2.45, 2.75) is 32.5 Å². The van der Waals surface area contributed by atoms with E-state index in [9.17, 15) is 0 Å². The second-order valence-corrected chi connectivity index (χ2v) is 5.13. The molecule has 1 N–H and O–H groups in total. The topological polar surface area (TPSA) is 28.4 Å². The second-order valence-electron chi connectivity index (χ2n) is 4.28. The summed E-state index contributed by atoms with van der Waals surface area (Å²) in [6.45, 7) is 7.49. The number of halogens is 1. The average molecular weight is 273 g/mol. The molecule has 0 aromatic carbocycles. The Balaban J connectivity index is 2.01. The van der Waals surface area contributed by atoms with Crippen LogP contribution in [0.5, 0.6) is 0 Å². The Bertz CT molecular complexity index is 326. The van der Waals surface area contributed by atoms with Crippen LogP contribution in [0, 0.1) is 0 Å². The molecule has 2 atom stereocenters. The van der Waals surface area contributed by atoms with Gasteiger partial charge in [0.25, 0.3) is 0 Å². The SMILES string of the molecule is CC1CN(Cc2occc2Br)C(C)CN1. The molecule has 15 heavy (non-hydrogen) atoms. The van der Waals surface area contributed by atoms with Crippen LogP contribution in [0.2, 0.25) is 0 Å². The van der Waals surface area contributed by atoms with E-state index in [0.29, 0.717) is 12.1 Å². The normalized spacial score (nSPS) is 28.2. The highest BCUT2D eigenvalue weighted by molar-refractivity contribution is 9.10. The minimum absolute atomic E-state index is 0.565. The molecule has 0 amide bonds. The third-order valence-corrected chi connectivity index (χ3v) is 3.64. The van der Waals surface area contributed by atoms with Gasteiger partial charge in [-0.1, -0.05) is 0 Å². The molecule has 1 aromatic heterocycles. The predicted molar refractivity (Wildman–Crippen MR) is 63.7 cm³/mol. The van der Waals surface area contributed by atoms with Crippen LogP contribution < -0.4 is 5.32 Å². The van der Waals surface area contributed by atoms with Crippen molar-refractivity contribution in [3.8, 4) is 0 Å². The Hall–Kier alpha value is -0.320. The number of furan rings is 1. The lowest BCUT2D eigenvalue weighted by Crippen LogP contribution is -2.53. The van der Waals surface area contributed by atoms with Crippen LogP contribution in [0.15, 0.2) is 21.2 Å². The molecule has 2 rings (SSSR count). The summed E-state index contributed by atoms with van der Waals surface area (Å²) >= 11 is 3.49. The van der Waals surface area contributed by atoms with Crippen LogP contribution >= 0.6 is 15.9 Å². The van der Waals surface area contributed by atoms with Crippen molar-refractivity contribution in [1.82, 2.24) is 10.2 Å². The fourth-order valence-electron chi connectivity index (χ4n) is 1.94. The van der Waals surface area contributed by atoms with E-state index >= 15 is 0 Å². The van der Waals surface area contributed by atoms with Gasteiger partial charge in [0, 0.05) is 25.2 Å². The number of rotatable bonds is 2. The first-order valence-electron chi connectivity index (χ1n) is 5.36. The van der Waals surface area contributed by atoms with Crippen molar-refractivity contribution in [2.24, 2.45) is 0 Å². The lowest BCUT2D eigenvalue weighted by molar-refractivity contribution is 0.129. The summed E-state index contributed by atoms with van der Waals surface area (Å²) in [6, 6.07) is 3.08. The fraction of sp³-hybridized carbons (Fsp3) is 0.636. The van der Waals surface area contributed by atoms with E-state index < -0.39 is 0 Å². The quantitative estimate of drug-likeness (QED) is 0.895. The van der Waals surface area contributed by atoms with Crippen LogP contribution in [0.25, 0.3) is 0 Å². The first-order valence-corrected chi connectivity index (χ1v) is 6.15. The minimum Gasteiger partial charge on any atom is -0.467 e. The van der Waals surface area contributed by atoms with Gasteiger partial charge in [0.05, 0.1) is 17.3 Å². The molecule has 84 valence electrons. The number of nitrogens with one attached hydrogen (secondary N) is 1. The van der Waals surface area contributed by atoms with E-state index in [0.717, 1.165) is 29.9 Å². The average Bonchev–Trinajstić information content (AvgIpc) is 2.58. The molecule has 0 saturated carbocycles. The summed E-state index contributed by atoms with van der Waals surface area (Å²) in [6.07, 6.45) is 1.73. The molecule has 3 nitrogen and oxygen atoms in total. The van der Waals surface area contributed by atoms with Crippen LogP contribution in [0.1, 0.15) is 19.6 Å². The highest BCUT2D eigenvalue weighted by Crippen LogP contribution is 2.21. The number of nitrogens with zero attached hydrogens (tertiary/aromatic N) is 1. The van der Waals surface area contributed by atoms with Crippen LogP contribution in [-0.4, -0.2) is 30.1 Å². The molecule has 0 spiro atoms. The minimum atomic E-state index is 0.565. The first kappa shape index (κ1) is 11.2. The fourth-order valence-corrected chi connectivity index (χ4v) is 2.27. The number of piperazine rings is 1. The zero-order valence-corrected chi connectivity index (χ0v) is 10.8. The van der Waals surface area contributed by atoms with E-state index in [-0.39, 0.29) is 0 Å². The molecule has 1 fully saturated rings. The van der Waals surface area contributed by atoms with Crippen molar-refractivity contribution in [3.63, 3.8) is 0 Å². The Morgan fingerprint density at radius 3 is 3.07 bits per heavy atom. The first-order chi connectivity index (χ1) is 7.16. The van der Waals surface area contributed by atoms with E-state index in [2.05, 4.69) is 40.0 Å². The Morgan fingerprint density at radius 1 is 1.60 bits per heavy atom. The smallest absolute Gasteiger partial charge is 0.131 e. The molecule has 1 saturated heterocycles. The molecular formula is C11H17BrN2O. The van der Waals surface area contributed by atoms with Gasteiger partial charge in [-0.25, -0.2) is 0 Å². The second kappa shape index (κ2) is 4.68. The molecule has 0 radical (unpaired) electrons. The summed E-state index contributed by atoms with van der Waals surface area (Å²) in [5, 5.41) is 3.47. The van der Waals surface area contributed by atoms with Crippen molar-refractivity contribution >= 4 is 15.9 Å². The van der Waals surface area contributed by atoms with Crippen molar-refractivity contribution in [3.05, 3.63) is 22.6 Å². The lowest BCUT2D eigenvalue weighted by atomic mass is 10.1. The third kappa shape index (κ3) is 2.62. The molecular weight excluding hydrogens is 256 g/mol. The van der Waals surface area contributed by atoms with Crippen molar-refractivity contribution in [2.75, 3.05) is 13.1 Å². The van der Waals surface area contributed by atoms with Crippen LogP contribution in [0.3, 0.4) is 0 Å². The zero-order chi connectivity index (χ0) is 10.8. The third-order valence-electron chi connectivity index (χ3n) is 2.93. The van der Waals surface area contributed by atoms with Crippen molar-refractivity contribution < 1.29 is 4.42 Å². The van der Waals surface area contributed by atoms with E-state index in [4.69, 9.17) is 4.42 Å². The monoisotopic (exact) mass is 272 g/mol. The van der Waals surface area contributed by atoms with Crippen LogP contribution in [0.4, 0.5) is 0 Å². The summed E-state index contributed by atoms with van der Waals surface area (Å²) in [5.74, 6) is 1.02. The van der Waals surface area contributed by atoms with Gasteiger partial charge in [0.2, 0.25) is 0 Å². The van der Waals surface area contributed by atoms with Crippen LogP contribution in [-0.2, 0) is 6.54 Å². The highest BCUT2D eigenvalue weighted by atomic mass is 79.9. The zero-order valence-electron chi connectivity index (χ0n) is 9.16. The van der Waals surface area contributed by atoms with E-state index in [1.54, 1.807) is 6.26 Å². The molecule has 1 aromatic rings. The van der Waals surface area contributed by atoms with Gasteiger partial charge in [-0.3, -0.25) is 4.90 Å². The number of hydrogen-bond donors (Lipinski definition) is 1. The molecule has 0 bridgehead atoms. The van der Waals surface area contributed by atoms with Gasteiger partial charge in [0.15, 0.2) is 0 Å². The van der Waals surface area contributed by atoms with Gasteiger partial charge in [-0.15, -0.1) is 0 Å². The Labute approximate surface area is 99.0 Å². The summed E-state index contributed by atoms with van der Waals surface area (Å²) in [5.41, 5.74) is 0. The standard InChI is InChI=1S/C11H17BrN2O/c1-8-6-14(9(2)5-13-8)7-11-10(12)3-4-15-11/h3-4,8-9,13H,5-7H2,1-2H3. The molecule has 0 aliphatic carbocycles. The van der Waals surface area contributed by atoms with Gasteiger partial charge in [-0.05, 0) is 35.8 Å². The number of hydrogen-bond acceptors (Lipinski definition) is 3. The maximum atomic E-state index is 5.44. The summed E-state index contributed by atoms with van der Waals surface area (Å²) < 4.78 is 6.51. The van der Waals surface area contributed by atoms with Gasteiger partial charge < -0.3 is 9.73 Å². The van der Waals surface area contributed by atoms with E-state index in [1.807, 2.05) is 6.07 Å². The molecule has 1 aliphatic rings. The Kier molecular flexibility index (Phi) is 3.49. The van der Waals surface area contributed by atoms with Crippen molar-refractivity contribution in [1.29, 1.82) is 0 Å². The highest BCUT2D eigenvalue weighted by Gasteiger charge is 2.23. The van der Waals surface area contributed by atoms with Gasteiger partial charge in [-0.2, -0.15) is 0 Å². The Morgan fingerprint density at radius 2 is 2.40 bits per heavy atom. The molecule has 2 heterocycles.